The molecule has 3 rings (SSSR count). The molecule has 0 unspecified atom stereocenters. The van der Waals surface area contributed by atoms with Crippen LogP contribution in [0.15, 0.2) is 60.8 Å². The zero-order chi connectivity index (χ0) is 15.5. The summed E-state index contributed by atoms with van der Waals surface area (Å²) < 4.78 is 14.8. The number of hydrogen-bond acceptors (Lipinski definition) is 2. The Balaban J connectivity index is 1.99. The van der Waals surface area contributed by atoms with E-state index in [0.717, 1.165) is 11.1 Å². The number of nitrogens with zero attached hydrogens (tertiary/aromatic N) is 2. The van der Waals surface area contributed by atoms with Gasteiger partial charge < -0.3 is 5.73 Å². The largest absolute Gasteiger partial charge is 0.365 e. The van der Waals surface area contributed by atoms with E-state index in [4.69, 9.17) is 5.73 Å². The average Bonchev–Trinajstić information content (AvgIpc) is 2.92. The first kappa shape index (κ1) is 14.0. The SMILES string of the molecule is NC(=O)c1cn(Cc2cccc(F)c2)nc1-c1ccccc1. The summed E-state index contributed by atoms with van der Waals surface area (Å²) in [5.41, 5.74) is 7.89. The van der Waals surface area contributed by atoms with Crippen molar-refractivity contribution in [3.05, 3.63) is 77.7 Å². The van der Waals surface area contributed by atoms with Crippen molar-refractivity contribution in [3.8, 4) is 11.3 Å². The molecule has 0 fully saturated rings. The maximum Gasteiger partial charge on any atom is 0.252 e. The molecule has 5 heteroatoms. The molecule has 0 spiro atoms. The van der Waals surface area contributed by atoms with E-state index in [9.17, 15) is 9.18 Å². The first-order valence-electron chi connectivity index (χ1n) is 6.80. The highest BCUT2D eigenvalue weighted by atomic mass is 19.1. The molecule has 0 aliphatic rings. The van der Waals surface area contributed by atoms with Crippen LogP contribution in [0.2, 0.25) is 0 Å². The number of aromatic nitrogens is 2. The van der Waals surface area contributed by atoms with E-state index >= 15 is 0 Å². The minimum absolute atomic E-state index is 0.303. The molecular weight excluding hydrogens is 281 g/mol. The highest BCUT2D eigenvalue weighted by molar-refractivity contribution is 5.98. The number of nitrogens with two attached hydrogens (primary N) is 1. The predicted molar refractivity (Wildman–Crippen MR) is 81.7 cm³/mol. The number of carbonyl (C=O) groups excluding carboxylic acids is 1. The van der Waals surface area contributed by atoms with Crippen molar-refractivity contribution >= 4 is 5.91 Å². The Morgan fingerprint density at radius 2 is 1.91 bits per heavy atom. The second-order valence-corrected chi connectivity index (χ2v) is 4.95. The number of rotatable bonds is 4. The van der Waals surface area contributed by atoms with Gasteiger partial charge in [-0.3, -0.25) is 9.48 Å². The summed E-state index contributed by atoms with van der Waals surface area (Å²) in [6.45, 7) is 0.366. The van der Waals surface area contributed by atoms with E-state index in [1.54, 1.807) is 23.0 Å². The molecule has 3 aromatic rings. The van der Waals surface area contributed by atoms with Gasteiger partial charge in [0.2, 0.25) is 0 Å². The minimum Gasteiger partial charge on any atom is -0.365 e. The second-order valence-electron chi connectivity index (χ2n) is 4.95. The van der Waals surface area contributed by atoms with Gasteiger partial charge in [-0.25, -0.2) is 4.39 Å². The third-order valence-corrected chi connectivity index (χ3v) is 3.31. The van der Waals surface area contributed by atoms with E-state index in [-0.39, 0.29) is 5.82 Å². The molecule has 0 radical (unpaired) electrons. The van der Waals surface area contributed by atoms with Crippen LogP contribution in [0.5, 0.6) is 0 Å². The Morgan fingerprint density at radius 1 is 1.14 bits per heavy atom. The lowest BCUT2D eigenvalue weighted by Crippen LogP contribution is -2.11. The van der Waals surface area contributed by atoms with Crippen LogP contribution in [0.4, 0.5) is 4.39 Å². The average molecular weight is 295 g/mol. The lowest BCUT2D eigenvalue weighted by Gasteiger charge is -2.02. The molecular formula is C17H14FN3O. The molecule has 1 amide bonds. The molecule has 0 aliphatic heterocycles. The third-order valence-electron chi connectivity index (χ3n) is 3.31. The molecule has 110 valence electrons. The monoisotopic (exact) mass is 295 g/mol. The number of amides is 1. The van der Waals surface area contributed by atoms with Crippen LogP contribution in [0.3, 0.4) is 0 Å². The lowest BCUT2D eigenvalue weighted by atomic mass is 10.1. The van der Waals surface area contributed by atoms with Gasteiger partial charge in [-0.15, -0.1) is 0 Å². The normalized spacial score (nSPS) is 10.6. The Morgan fingerprint density at radius 3 is 2.59 bits per heavy atom. The summed E-state index contributed by atoms with van der Waals surface area (Å²) in [6, 6.07) is 15.6. The maximum atomic E-state index is 13.2. The van der Waals surface area contributed by atoms with Gasteiger partial charge in [0, 0.05) is 11.8 Å². The fraction of sp³-hybridized carbons (Fsp3) is 0.0588. The van der Waals surface area contributed by atoms with Crippen molar-refractivity contribution < 1.29 is 9.18 Å². The summed E-state index contributed by atoms with van der Waals surface area (Å²) in [5, 5.41) is 4.42. The van der Waals surface area contributed by atoms with E-state index < -0.39 is 5.91 Å². The summed E-state index contributed by atoms with van der Waals surface area (Å²) in [6.07, 6.45) is 1.59. The first-order valence-corrected chi connectivity index (χ1v) is 6.80. The molecule has 2 aromatic carbocycles. The van der Waals surface area contributed by atoms with Crippen molar-refractivity contribution in [2.45, 2.75) is 6.54 Å². The van der Waals surface area contributed by atoms with Crippen LogP contribution in [0, 0.1) is 5.82 Å². The predicted octanol–water partition coefficient (Wildman–Crippen LogP) is 2.84. The van der Waals surface area contributed by atoms with Crippen molar-refractivity contribution in [3.63, 3.8) is 0 Å². The second kappa shape index (κ2) is 5.81. The number of carbonyl (C=O) groups is 1. The highest BCUT2D eigenvalue weighted by Crippen LogP contribution is 2.22. The topological polar surface area (TPSA) is 60.9 Å². The molecule has 0 aliphatic carbocycles. The Kier molecular flexibility index (Phi) is 3.70. The van der Waals surface area contributed by atoms with Gasteiger partial charge in [0.1, 0.15) is 11.5 Å². The Hall–Kier alpha value is -2.95. The van der Waals surface area contributed by atoms with Crippen LogP contribution in [-0.2, 0) is 6.54 Å². The van der Waals surface area contributed by atoms with Gasteiger partial charge in [0.25, 0.3) is 5.91 Å². The summed E-state index contributed by atoms with van der Waals surface area (Å²) in [5.74, 6) is -0.840. The lowest BCUT2D eigenvalue weighted by molar-refractivity contribution is 0.100. The van der Waals surface area contributed by atoms with Gasteiger partial charge in [0.15, 0.2) is 0 Å². The van der Waals surface area contributed by atoms with Gasteiger partial charge in [-0.1, -0.05) is 42.5 Å². The van der Waals surface area contributed by atoms with Crippen molar-refractivity contribution in [2.75, 3.05) is 0 Å². The Labute approximate surface area is 127 Å². The number of hydrogen-bond donors (Lipinski definition) is 1. The molecule has 2 N–H and O–H groups in total. The van der Waals surface area contributed by atoms with Crippen LogP contribution in [0.1, 0.15) is 15.9 Å². The summed E-state index contributed by atoms with van der Waals surface area (Å²) in [4.78, 5) is 11.6. The van der Waals surface area contributed by atoms with E-state index in [1.807, 2.05) is 30.3 Å². The van der Waals surface area contributed by atoms with E-state index in [0.29, 0.717) is 17.8 Å². The van der Waals surface area contributed by atoms with Gasteiger partial charge in [-0.05, 0) is 17.7 Å². The smallest absolute Gasteiger partial charge is 0.252 e. The van der Waals surface area contributed by atoms with E-state index in [2.05, 4.69) is 5.10 Å². The fourth-order valence-electron chi connectivity index (χ4n) is 2.31. The van der Waals surface area contributed by atoms with Gasteiger partial charge >= 0.3 is 0 Å². The Bertz CT molecular complexity index is 812. The van der Waals surface area contributed by atoms with Crippen LogP contribution in [-0.4, -0.2) is 15.7 Å². The van der Waals surface area contributed by atoms with Crippen LogP contribution >= 0.6 is 0 Å². The molecule has 0 atom stereocenters. The molecule has 22 heavy (non-hydrogen) atoms. The highest BCUT2D eigenvalue weighted by Gasteiger charge is 2.15. The summed E-state index contributed by atoms with van der Waals surface area (Å²) >= 11 is 0. The van der Waals surface area contributed by atoms with Gasteiger partial charge in [-0.2, -0.15) is 5.10 Å². The molecule has 1 heterocycles. The summed E-state index contributed by atoms with van der Waals surface area (Å²) in [7, 11) is 0. The minimum atomic E-state index is -0.538. The van der Waals surface area contributed by atoms with Crippen molar-refractivity contribution in [2.24, 2.45) is 5.73 Å². The van der Waals surface area contributed by atoms with E-state index in [1.165, 1.54) is 12.1 Å². The molecule has 4 nitrogen and oxygen atoms in total. The maximum absolute atomic E-state index is 13.2. The van der Waals surface area contributed by atoms with Crippen LogP contribution in [0.25, 0.3) is 11.3 Å². The number of benzene rings is 2. The first-order chi connectivity index (χ1) is 10.6. The fourth-order valence-corrected chi connectivity index (χ4v) is 2.31. The molecule has 0 saturated heterocycles. The van der Waals surface area contributed by atoms with Crippen LogP contribution < -0.4 is 5.73 Å². The standard InChI is InChI=1S/C17H14FN3O/c18-14-8-4-5-12(9-14)10-21-11-15(17(19)22)16(20-21)13-6-2-1-3-7-13/h1-9,11H,10H2,(H2,19,22). The molecule has 0 saturated carbocycles. The quantitative estimate of drug-likeness (QED) is 0.804. The third kappa shape index (κ3) is 2.88. The van der Waals surface area contributed by atoms with Crippen molar-refractivity contribution in [1.82, 2.24) is 9.78 Å². The zero-order valence-electron chi connectivity index (χ0n) is 11.7. The van der Waals surface area contributed by atoms with Gasteiger partial charge in [0.05, 0.1) is 12.1 Å². The van der Waals surface area contributed by atoms with Crippen molar-refractivity contribution in [1.29, 1.82) is 0 Å². The molecule has 0 bridgehead atoms. The number of primary amides is 1. The number of halogens is 1. The molecule has 1 aromatic heterocycles. The zero-order valence-corrected chi connectivity index (χ0v) is 11.7.